The van der Waals surface area contributed by atoms with E-state index < -0.39 is 0 Å². The van der Waals surface area contributed by atoms with Gasteiger partial charge in [-0.25, -0.2) is 5.11 Å². The first kappa shape index (κ1) is 10.3. The van der Waals surface area contributed by atoms with Crippen molar-refractivity contribution >= 4 is 23.5 Å². The molecule has 16 heavy (non-hydrogen) atoms. The van der Waals surface area contributed by atoms with Crippen molar-refractivity contribution in [3.8, 4) is 0 Å². The number of fused-ring (bicyclic) bond motifs is 2. The molecule has 0 saturated carbocycles. The highest BCUT2D eigenvalue weighted by atomic mass is 32.2. The number of rotatable bonds is 1. The molecular formula is C13H9OS2. The van der Waals surface area contributed by atoms with Crippen LogP contribution in [0.5, 0.6) is 0 Å². The van der Waals surface area contributed by atoms with E-state index in [1.54, 1.807) is 23.5 Å². The molecule has 0 amide bonds. The summed E-state index contributed by atoms with van der Waals surface area (Å²) in [4.78, 5) is 4.88. The van der Waals surface area contributed by atoms with Gasteiger partial charge in [-0.3, -0.25) is 0 Å². The van der Waals surface area contributed by atoms with Crippen LogP contribution in [-0.2, 0) is 11.7 Å². The zero-order chi connectivity index (χ0) is 11.0. The van der Waals surface area contributed by atoms with Crippen LogP contribution < -0.4 is 0 Å². The molecule has 79 valence electrons. The second kappa shape index (κ2) is 4.17. The largest absolute Gasteiger partial charge is 0.232 e. The molecule has 1 aliphatic heterocycles. The molecule has 1 aliphatic rings. The Morgan fingerprint density at radius 3 is 2.25 bits per heavy atom. The van der Waals surface area contributed by atoms with Crippen molar-refractivity contribution in [1.82, 2.24) is 0 Å². The van der Waals surface area contributed by atoms with Gasteiger partial charge in [-0.15, -0.1) is 0 Å². The predicted octanol–water partition coefficient (Wildman–Crippen LogP) is 4.23. The highest BCUT2D eigenvalue weighted by Crippen LogP contribution is 2.49. The summed E-state index contributed by atoms with van der Waals surface area (Å²) in [5.41, 5.74) is 0.907. The van der Waals surface area contributed by atoms with Gasteiger partial charge in [0.2, 0.25) is 0 Å². The fourth-order valence-electron chi connectivity index (χ4n) is 1.72. The maximum atomic E-state index is 11.1. The Labute approximate surface area is 103 Å². The van der Waals surface area contributed by atoms with Crippen LogP contribution in [0.2, 0.25) is 0 Å². The molecule has 3 rings (SSSR count). The summed E-state index contributed by atoms with van der Waals surface area (Å²) in [5, 5.41) is 11.1. The maximum Gasteiger partial charge on any atom is 0.108 e. The Morgan fingerprint density at radius 1 is 0.812 bits per heavy atom. The monoisotopic (exact) mass is 245 g/mol. The molecular weight excluding hydrogens is 236 g/mol. The van der Waals surface area contributed by atoms with E-state index in [9.17, 15) is 5.11 Å². The van der Waals surface area contributed by atoms with Crippen molar-refractivity contribution in [1.29, 1.82) is 0 Å². The summed E-state index contributed by atoms with van der Waals surface area (Å²) in [7, 11) is 0. The van der Waals surface area contributed by atoms with Crippen LogP contribution in [-0.4, -0.2) is 0 Å². The van der Waals surface area contributed by atoms with Crippen LogP contribution in [0.25, 0.3) is 0 Å². The first-order chi connectivity index (χ1) is 7.88. The van der Waals surface area contributed by atoms with Gasteiger partial charge < -0.3 is 0 Å². The smallest absolute Gasteiger partial charge is 0.108 e. The van der Waals surface area contributed by atoms with Gasteiger partial charge in [0, 0.05) is 19.6 Å². The quantitative estimate of drug-likeness (QED) is 0.639. The van der Waals surface area contributed by atoms with Gasteiger partial charge >= 0.3 is 0 Å². The highest BCUT2D eigenvalue weighted by molar-refractivity contribution is 8.05. The van der Waals surface area contributed by atoms with Crippen LogP contribution in [0.15, 0.2) is 62.0 Å². The molecule has 2 aromatic rings. The summed E-state index contributed by atoms with van der Waals surface area (Å²) in [6.45, 7) is -0.140. The average molecular weight is 245 g/mol. The van der Waals surface area contributed by atoms with E-state index in [0.29, 0.717) is 0 Å². The second-order valence-corrected chi connectivity index (χ2v) is 5.68. The molecule has 2 aromatic carbocycles. The molecule has 0 atom stereocenters. The van der Waals surface area contributed by atoms with Gasteiger partial charge in [-0.05, 0) is 23.8 Å². The minimum absolute atomic E-state index is 0.140. The third-order valence-corrected chi connectivity index (χ3v) is 5.15. The van der Waals surface area contributed by atoms with Gasteiger partial charge in [0.25, 0.3) is 0 Å². The van der Waals surface area contributed by atoms with Crippen LogP contribution >= 0.6 is 23.5 Å². The highest BCUT2D eigenvalue weighted by Gasteiger charge is 2.18. The van der Waals surface area contributed by atoms with Crippen molar-refractivity contribution in [3.63, 3.8) is 0 Å². The molecule has 3 heteroatoms. The Bertz CT molecular complexity index is 537. The fraction of sp³-hybridized carbons (Fsp3) is 0.0769. The lowest BCUT2D eigenvalue weighted by Crippen LogP contribution is -1.94. The normalized spacial score (nSPS) is 13.1. The predicted molar refractivity (Wildman–Crippen MR) is 65.5 cm³/mol. The zero-order valence-corrected chi connectivity index (χ0v) is 10.1. The van der Waals surface area contributed by atoms with Gasteiger partial charge in [0.05, 0.1) is 0 Å². The van der Waals surface area contributed by atoms with E-state index in [4.69, 9.17) is 0 Å². The van der Waals surface area contributed by atoms with Crippen molar-refractivity contribution in [2.75, 3.05) is 0 Å². The molecule has 1 heterocycles. The molecule has 0 fully saturated rings. The first-order valence-electron chi connectivity index (χ1n) is 5.03. The van der Waals surface area contributed by atoms with Crippen LogP contribution in [0.4, 0.5) is 0 Å². The molecule has 1 nitrogen and oxygen atoms in total. The molecule has 0 spiro atoms. The summed E-state index contributed by atoms with van der Waals surface area (Å²) in [5.74, 6) is 0. The van der Waals surface area contributed by atoms with E-state index in [1.807, 2.05) is 18.2 Å². The lowest BCUT2D eigenvalue weighted by atomic mass is 10.2. The van der Waals surface area contributed by atoms with Gasteiger partial charge in [-0.2, -0.15) is 0 Å². The van der Waals surface area contributed by atoms with Gasteiger partial charge in [0.1, 0.15) is 6.61 Å². The zero-order valence-electron chi connectivity index (χ0n) is 8.47. The second-order valence-electron chi connectivity index (χ2n) is 3.54. The van der Waals surface area contributed by atoms with Crippen molar-refractivity contribution in [2.24, 2.45) is 0 Å². The Kier molecular flexibility index (Phi) is 2.67. The summed E-state index contributed by atoms with van der Waals surface area (Å²) in [6.07, 6.45) is 0. The van der Waals surface area contributed by atoms with E-state index in [1.165, 1.54) is 14.7 Å². The van der Waals surface area contributed by atoms with Crippen LogP contribution in [0.3, 0.4) is 0 Å². The molecule has 0 aromatic heterocycles. The van der Waals surface area contributed by atoms with E-state index in [0.717, 1.165) is 10.5 Å². The third kappa shape index (κ3) is 1.65. The minimum atomic E-state index is -0.140. The first-order valence-corrected chi connectivity index (χ1v) is 6.66. The van der Waals surface area contributed by atoms with E-state index in [2.05, 4.69) is 24.3 Å². The Morgan fingerprint density at radius 2 is 1.50 bits per heavy atom. The average Bonchev–Trinajstić information content (AvgIpc) is 2.35. The minimum Gasteiger partial charge on any atom is -0.232 e. The van der Waals surface area contributed by atoms with Gasteiger partial charge in [-0.1, -0.05) is 47.8 Å². The number of hydrogen-bond acceptors (Lipinski definition) is 2. The fourth-order valence-corrected chi connectivity index (χ4v) is 4.10. The van der Waals surface area contributed by atoms with Crippen LogP contribution in [0.1, 0.15) is 5.56 Å². The molecule has 0 aliphatic carbocycles. The molecule has 0 bridgehead atoms. The number of benzene rings is 2. The summed E-state index contributed by atoms with van der Waals surface area (Å²) in [6, 6.07) is 14.3. The van der Waals surface area contributed by atoms with E-state index in [-0.39, 0.29) is 6.61 Å². The van der Waals surface area contributed by atoms with Gasteiger partial charge in [0.15, 0.2) is 0 Å². The lowest BCUT2D eigenvalue weighted by molar-refractivity contribution is 0.175. The lowest BCUT2D eigenvalue weighted by Gasteiger charge is -2.19. The van der Waals surface area contributed by atoms with Crippen molar-refractivity contribution in [2.45, 2.75) is 26.2 Å². The molecule has 1 radical (unpaired) electrons. The van der Waals surface area contributed by atoms with Crippen molar-refractivity contribution < 1.29 is 5.11 Å². The molecule has 0 N–H and O–H groups in total. The summed E-state index contributed by atoms with van der Waals surface area (Å²) >= 11 is 3.47. The topological polar surface area (TPSA) is 19.9 Å². The summed E-state index contributed by atoms with van der Waals surface area (Å²) < 4.78 is 0. The molecule has 0 unspecified atom stereocenters. The third-order valence-electron chi connectivity index (χ3n) is 2.50. The van der Waals surface area contributed by atoms with Crippen molar-refractivity contribution in [3.05, 3.63) is 48.0 Å². The molecule has 0 saturated heterocycles. The maximum absolute atomic E-state index is 11.1. The Hall–Kier alpha value is -0.900. The standard InChI is InChI=1S/C13H9OS2/c14-8-9-4-3-7-12-13(9)16-11-6-2-1-5-10(11)15-12/h1-7H,8H2. The Balaban J connectivity index is 2.12. The van der Waals surface area contributed by atoms with Crippen LogP contribution in [0, 0.1) is 0 Å². The SMILES string of the molecule is [O]Cc1cccc2c1Sc1ccccc1S2. The van der Waals surface area contributed by atoms with E-state index >= 15 is 0 Å². The number of hydrogen-bond donors (Lipinski definition) is 0.